The van der Waals surface area contributed by atoms with Gasteiger partial charge in [-0.25, -0.2) is 14.4 Å². The number of aliphatic hydroxyl groups is 2. The molecule has 0 amide bonds. The average molecular weight is 785 g/mol. The number of hydrogen-bond acceptors (Lipinski definition) is 15. The minimum absolute atomic E-state index is 0.117. The van der Waals surface area contributed by atoms with Crippen molar-refractivity contribution in [1.29, 1.82) is 0 Å². The number of hydrogen-bond donors (Lipinski definition) is 2. The van der Waals surface area contributed by atoms with Crippen LogP contribution in [0.25, 0.3) is 0 Å². The third-order valence-corrected chi connectivity index (χ3v) is 13.7. The second-order valence-electron chi connectivity index (χ2n) is 17.0. The fourth-order valence-electron chi connectivity index (χ4n) is 11.3. The Kier molecular flexibility index (Phi) is 10.2. The van der Waals surface area contributed by atoms with Gasteiger partial charge in [-0.3, -0.25) is 14.4 Å². The maximum atomic E-state index is 14.3. The Labute approximate surface area is 325 Å². The van der Waals surface area contributed by atoms with E-state index in [2.05, 4.69) is 0 Å². The minimum Gasteiger partial charge on any atom is -0.472 e. The zero-order valence-electron chi connectivity index (χ0n) is 33.5. The summed E-state index contributed by atoms with van der Waals surface area (Å²) in [5.41, 5.74) is -7.49. The molecular formula is C41H52O15. The van der Waals surface area contributed by atoms with Gasteiger partial charge in [0.2, 0.25) is 6.10 Å². The highest BCUT2D eigenvalue weighted by atomic mass is 16.6. The van der Waals surface area contributed by atoms with Crippen molar-refractivity contribution in [2.45, 2.75) is 130 Å². The highest BCUT2D eigenvalue weighted by molar-refractivity contribution is 5.88. The molecule has 5 aliphatic rings. The van der Waals surface area contributed by atoms with Crippen molar-refractivity contribution in [3.05, 3.63) is 47.0 Å². The van der Waals surface area contributed by atoms with Crippen molar-refractivity contribution in [2.24, 2.45) is 34.0 Å². The Bertz CT molecular complexity index is 1890. The van der Waals surface area contributed by atoms with Crippen LogP contribution >= 0.6 is 0 Å². The lowest BCUT2D eigenvalue weighted by Gasteiger charge is -2.68. The molecule has 2 unspecified atom stereocenters. The molecule has 4 aliphatic carbocycles. The Morgan fingerprint density at radius 1 is 1.04 bits per heavy atom. The lowest BCUT2D eigenvalue weighted by molar-refractivity contribution is -0.319. The number of carbonyl (C=O) groups excluding carboxylic acids is 6. The fourth-order valence-corrected chi connectivity index (χ4v) is 11.3. The topological polar surface area (TPSA) is 211 Å². The van der Waals surface area contributed by atoms with Crippen molar-refractivity contribution < 1.29 is 71.8 Å². The van der Waals surface area contributed by atoms with Gasteiger partial charge in [-0.05, 0) is 61.7 Å². The molecule has 2 N–H and O–H groups in total. The van der Waals surface area contributed by atoms with Crippen LogP contribution in [0.3, 0.4) is 0 Å². The van der Waals surface area contributed by atoms with Gasteiger partial charge in [-0.1, -0.05) is 40.7 Å². The lowest BCUT2D eigenvalue weighted by atomic mass is 9.40. The van der Waals surface area contributed by atoms with Gasteiger partial charge < -0.3 is 43.1 Å². The molecule has 1 aliphatic heterocycles. The van der Waals surface area contributed by atoms with Crippen molar-refractivity contribution in [1.82, 2.24) is 0 Å². The standard InChI is InChI=1S/C41H52O15/c1-11-20(4)33(46)55-36-38(8)18-40(56-22(6)43)39(9,25(38)16-26(44)50-10)24-12-14-37(7)28(27(24)32(41(36,40)49)52-21(5)42)30(53-34(47)29(45)19(2)3)35(48)54-31(37)23-13-15-51-17-23/h11,13,15,17,19,24-25,29-32,36,45,49H,12,14,16,18H2,1-10H3/b20-11+/t24?,25-,29?,30+,31-,32-,36-,37+,38+,39-,40-,41-/m0/s1. The quantitative estimate of drug-likeness (QED) is 0.149. The van der Waals surface area contributed by atoms with Crippen LogP contribution in [0.5, 0.6) is 0 Å². The highest BCUT2D eigenvalue weighted by Crippen LogP contribution is 2.82. The second kappa shape index (κ2) is 13.9. The molecule has 0 spiro atoms. The number of rotatable bonds is 10. The SMILES string of the molecule is C/C=C(\C)C(=O)O[C@H]1[C@]2(C)C[C@@]3(OC(C)=O)[C@]1(O)[C@@H](OC(C)=O)C1=C4[C@@H](OC(=O)C(O)C(C)C)C(=O)O[C@@H](c5ccoc5)[C@]4(C)CCC1[C@@]3(C)[C@H]2CC(=O)OC. The largest absolute Gasteiger partial charge is 0.472 e. The van der Waals surface area contributed by atoms with Gasteiger partial charge in [0.05, 0.1) is 19.6 Å². The van der Waals surface area contributed by atoms with Crippen molar-refractivity contribution >= 4 is 35.8 Å². The Morgan fingerprint density at radius 3 is 2.27 bits per heavy atom. The molecule has 1 saturated heterocycles. The van der Waals surface area contributed by atoms with E-state index in [0.29, 0.717) is 5.56 Å². The first kappa shape index (κ1) is 41.1. The van der Waals surface area contributed by atoms with Crippen LogP contribution in [-0.4, -0.2) is 88.8 Å². The number of esters is 6. The molecular weight excluding hydrogens is 732 g/mol. The molecule has 15 heteroatoms. The third kappa shape index (κ3) is 5.50. The van der Waals surface area contributed by atoms with Crippen molar-refractivity contribution in [3.8, 4) is 0 Å². The van der Waals surface area contributed by atoms with Crippen LogP contribution < -0.4 is 0 Å². The third-order valence-electron chi connectivity index (χ3n) is 13.7. The molecule has 2 heterocycles. The molecule has 0 radical (unpaired) electrons. The first-order valence-corrected chi connectivity index (χ1v) is 19.0. The van der Waals surface area contributed by atoms with E-state index >= 15 is 0 Å². The zero-order valence-corrected chi connectivity index (χ0v) is 33.5. The van der Waals surface area contributed by atoms with Crippen molar-refractivity contribution in [2.75, 3.05) is 7.11 Å². The summed E-state index contributed by atoms with van der Waals surface area (Å²) in [6.45, 7) is 13.9. The van der Waals surface area contributed by atoms with Crippen LogP contribution in [0.15, 0.2) is 45.8 Å². The maximum absolute atomic E-state index is 14.3. The number of allylic oxidation sites excluding steroid dienone is 1. The molecule has 6 rings (SSSR count). The van der Waals surface area contributed by atoms with Gasteiger partial charge in [0.25, 0.3) is 0 Å². The summed E-state index contributed by atoms with van der Waals surface area (Å²) in [4.78, 5) is 81.7. The number of ether oxygens (including phenoxy) is 6. The zero-order chi connectivity index (χ0) is 41.5. The van der Waals surface area contributed by atoms with E-state index in [1.54, 1.807) is 47.6 Å². The lowest BCUT2D eigenvalue weighted by Crippen LogP contribution is -2.81. The molecule has 1 aromatic rings. The van der Waals surface area contributed by atoms with E-state index in [0.717, 1.165) is 6.92 Å². The number of methoxy groups -OCH3 is 1. The average Bonchev–Trinajstić information content (AvgIpc) is 3.78. The van der Waals surface area contributed by atoms with E-state index in [9.17, 15) is 39.0 Å². The number of aliphatic hydroxyl groups excluding tert-OH is 1. The molecule has 1 aromatic heterocycles. The Balaban J connectivity index is 1.75. The van der Waals surface area contributed by atoms with E-state index in [-0.39, 0.29) is 42.4 Å². The Morgan fingerprint density at radius 2 is 1.71 bits per heavy atom. The van der Waals surface area contributed by atoms with E-state index in [1.807, 2.05) is 0 Å². The number of cyclic esters (lactones) is 1. The number of carbonyl (C=O) groups is 6. The van der Waals surface area contributed by atoms with E-state index in [1.165, 1.54) is 39.6 Å². The van der Waals surface area contributed by atoms with Gasteiger partial charge in [0.1, 0.15) is 12.2 Å². The smallest absolute Gasteiger partial charge is 0.352 e. The van der Waals surface area contributed by atoms with E-state index in [4.69, 9.17) is 32.8 Å². The van der Waals surface area contributed by atoms with Gasteiger partial charge in [0, 0.05) is 54.1 Å². The minimum atomic E-state index is -2.56. The summed E-state index contributed by atoms with van der Waals surface area (Å²) < 4.78 is 41.3. The molecule has 12 atom stereocenters. The second-order valence-corrected chi connectivity index (χ2v) is 17.0. The van der Waals surface area contributed by atoms with E-state index < -0.39 is 112 Å². The van der Waals surface area contributed by atoms with Crippen LogP contribution in [0.4, 0.5) is 0 Å². The predicted molar refractivity (Wildman–Crippen MR) is 191 cm³/mol. The van der Waals surface area contributed by atoms with Crippen LogP contribution in [0.2, 0.25) is 0 Å². The number of fused-ring (bicyclic) bond motifs is 4. The molecule has 4 fully saturated rings. The molecule has 2 bridgehead atoms. The van der Waals surface area contributed by atoms with Gasteiger partial charge in [-0.2, -0.15) is 0 Å². The highest BCUT2D eigenvalue weighted by Gasteiger charge is 2.92. The molecule has 3 saturated carbocycles. The fraction of sp³-hybridized carbons (Fsp3) is 0.659. The van der Waals surface area contributed by atoms with Crippen molar-refractivity contribution in [3.63, 3.8) is 0 Å². The Hall–Kier alpha value is -4.50. The van der Waals surface area contributed by atoms with Gasteiger partial charge in [0.15, 0.2) is 23.4 Å². The summed E-state index contributed by atoms with van der Waals surface area (Å²) in [5.74, 6) is -7.46. The van der Waals surface area contributed by atoms with Crippen LogP contribution in [0, 0.1) is 34.0 Å². The molecule has 56 heavy (non-hydrogen) atoms. The summed E-state index contributed by atoms with van der Waals surface area (Å²) in [5, 5.41) is 24.6. The first-order valence-electron chi connectivity index (χ1n) is 19.0. The predicted octanol–water partition coefficient (Wildman–Crippen LogP) is 3.98. The summed E-state index contributed by atoms with van der Waals surface area (Å²) in [6.07, 6.45) is -3.38. The van der Waals surface area contributed by atoms with Crippen LogP contribution in [-0.2, 0) is 57.2 Å². The number of furan rings is 1. The summed E-state index contributed by atoms with van der Waals surface area (Å²) in [7, 11) is 1.23. The van der Waals surface area contributed by atoms with Gasteiger partial charge in [-0.15, -0.1) is 0 Å². The molecule has 15 nitrogen and oxygen atoms in total. The van der Waals surface area contributed by atoms with Crippen LogP contribution in [0.1, 0.15) is 99.7 Å². The first-order chi connectivity index (χ1) is 26.1. The monoisotopic (exact) mass is 784 g/mol. The molecule has 0 aromatic carbocycles. The normalized spacial score (nSPS) is 38.9. The maximum Gasteiger partial charge on any atom is 0.352 e. The van der Waals surface area contributed by atoms with Gasteiger partial charge >= 0.3 is 35.8 Å². The summed E-state index contributed by atoms with van der Waals surface area (Å²) in [6, 6.07) is 1.62. The molecule has 306 valence electrons. The summed E-state index contributed by atoms with van der Waals surface area (Å²) >= 11 is 0.